The van der Waals surface area contributed by atoms with Crippen molar-refractivity contribution in [1.82, 2.24) is 19.4 Å². The lowest BCUT2D eigenvalue weighted by Crippen LogP contribution is -2.36. The fraction of sp³-hybridized carbons (Fsp3) is 0.367. The van der Waals surface area contributed by atoms with Crippen molar-refractivity contribution in [3.63, 3.8) is 0 Å². The number of ether oxygens (including phenoxy) is 2. The number of aromatic nitrogens is 3. The van der Waals surface area contributed by atoms with Crippen LogP contribution in [0.2, 0.25) is 5.02 Å². The maximum absolute atomic E-state index is 15.4. The molecule has 4 heterocycles. The highest BCUT2D eigenvalue weighted by Crippen LogP contribution is 2.40. The van der Waals surface area contributed by atoms with Crippen molar-refractivity contribution in [3.05, 3.63) is 86.8 Å². The zero-order valence-corrected chi connectivity index (χ0v) is 24.1. The van der Waals surface area contributed by atoms with E-state index < -0.39 is 53.4 Å². The lowest BCUT2D eigenvalue weighted by atomic mass is 9.97. The van der Waals surface area contributed by atoms with Crippen LogP contribution >= 0.6 is 11.6 Å². The molecule has 1 fully saturated rings. The zero-order chi connectivity index (χ0) is 31.3. The average Bonchev–Trinajstić information content (AvgIpc) is 3.28. The number of imidazole rings is 1. The third-order valence-electron chi connectivity index (χ3n) is 8.08. The van der Waals surface area contributed by atoms with E-state index in [-0.39, 0.29) is 47.2 Å². The van der Waals surface area contributed by atoms with Gasteiger partial charge < -0.3 is 19.1 Å². The van der Waals surface area contributed by atoms with Gasteiger partial charge in [-0.25, -0.2) is 23.5 Å². The Morgan fingerprint density at radius 2 is 1.95 bits per heavy atom. The highest BCUT2D eigenvalue weighted by Gasteiger charge is 2.39. The Bertz CT molecular complexity index is 1760. The molecule has 1 saturated heterocycles. The quantitative estimate of drug-likeness (QED) is 0.219. The monoisotopic (exact) mass is 636 g/mol. The summed E-state index contributed by atoms with van der Waals surface area (Å²) in [5.41, 5.74) is -0.415. The van der Waals surface area contributed by atoms with Gasteiger partial charge in [0.1, 0.15) is 29.3 Å². The third kappa shape index (κ3) is 5.71. The molecule has 2 aromatic heterocycles. The van der Waals surface area contributed by atoms with E-state index in [1.807, 2.05) is 4.90 Å². The second kappa shape index (κ2) is 11.6. The van der Waals surface area contributed by atoms with E-state index in [0.29, 0.717) is 30.2 Å². The predicted molar refractivity (Wildman–Crippen MR) is 149 cm³/mol. The fourth-order valence-corrected chi connectivity index (χ4v) is 5.74. The van der Waals surface area contributed by atoms with Crippen LogP contribution in [0.1, 0.15) is 58.0 Å². The van der Waals surface area contributed by atoms with Gasteiger partial charge in [0.15, 0.2) is 5.82 Å². The Hall–Kier alpha value is -3.81. The number of hydrogen-bond donors (Lipinski definition) is 1. The molecule has 232 valence electrons. The molecule has 8 nitrogen and oxygen atoms in total. The van der Waals surface area contributed by atoms with Gasteiger partial charge in [0.25, 0.3) is 0 Å². The number of carboxylic acids is 1. The molecule has 0 saturated carbocycles. The van der Waals surface area contributed by atoms with Gasteiger partial charge in [-0.05, 0) is 55.7 Å². The van der Waals surface area contributed by atoms with E-state index in [9.17, 15) is 27.5 Å². The van der Waals surface area contributed by atoms with Gasteiger partial charge in [0, 0.05) is 23.7 Å². The summed E-state index contributed by atoms with van der Waals surface area (Å²) in [5, 5.41) is 9.60. The van der Waals surface area contributed by atoms with Crippen LogP contribution in [0.15, 0.2) is 36.4 Å². The number of aromatic carboxylic acids is 1. The smallest absolute Gasteiger partial charge is 0.421 e. The Morgan fingerprint density at radius 1 is 1.18 bits per heavy atom. The van der Waals surface area contributed by atoms with E-state index in [4.69, 9.17) is 21.1 Å². The van der Waals surface area contributed by atoms with Crippen molar-refractivity contribution in [2.24, 2.45) is 0 Å². The molecule has 0 bridgehead atoms. The summed E-state index contributed by atoms with van der Waals surface area (Å²) in [6.45, 7) is 2.65. The van der Waals surface area contributed by atoms with Crippen LogP contribution in [0.25, 0.3) is 11.0 Å². The van der Waals surface area contributed by atoms with E-state index in [1.165, 1.54) is 24.3 Å². The van der Waals surface area contributed by atoms with E-state index in [0.717, 1.165) is 18.6 Å². The molecule has 2 aliphatic heterocycles. The maximum Gasteiger partial charge on any atom is 0.421 e. The number of pyridine rings is 1. The summed E-state index contributed by atoms with van der Waals surface area (Å²) in [6.07, 6.45) is -3.96. The van der Waals surface area contributed by atoms with Crippen LogP contribution < -0.4 is 4.74 Å². The van der Waals surface area contributed by atoms with E-state index in [2.05, 4.69) is 9.97 Å². The second-order valence-electron chi connectivity index (χ2n) is 10.8. The first-order chi connectivity index (χ1) is 20.9. The molecule has 14 heteroatoms. The molecular weight excluding hydrogens is 611 g/mol. The Labute approximate surface area is 253 Å². The molecule has 1 N–H and O–H groups in total. The fourth-order valence-electron chi connectivity index (χ4n) is 5.58. The predicted octanol–water partition coefficient (Wildman–Crippen LogP) is 6.57. The molecule has 6 rings (SSSR count). The Kier molecular flexibility index (Phi) is 7.97. The number of carbonyl (C=O) groups is 1. The van der Waals surface area contributed by atoms with Gasteiger partial charge in [-0.2, -0.15) is 13.2 Å². The number of rotatable bonds is 8. The first-order valence-electron chi connectivity index (χ1n) is 13.8. The van der Waals surface area contributed by atoms with Gasteiger partial charge in [0.05, 0.1) is 42.0 Å². The molecule has 44 heavy (non-hydrogen) atoms. The highest BCUT2D eigenvalue weighted by molar-refractivity contribution is 6.30. The van der Waals surface area contributed by atoms with Crippen LogP contribution in [-0.2, 0) is 37.0 Å². The van der Waals surface area contributed by atoms with Gasteiger partial charge in [0.2, 0.25) is 5.88 Å². The van der Waals surface area contributed by atoms with Crippen molar-refractivity contribution in [2.75, 3.05) is 13.2 Å². The minimum Gasteiger partial charge on any atom is -0.478 e. The van der Waals surface area contributed by atoms with Crippen LogP contribution in [0.4, 0.5) is 22.0 Å². The topological polar surface area (TPSA) is 89.7 Å². The van der Waals surface area contributed by atoms with E-state index >= 15 is 4.39 Å². The van der Waals surface area contributed by atoms with Crippen molar-refractivity contribution >= 4 is 28.6 Å². The maximum atomic E-state index is 15.4. The van der Waals surface area contributed by atoms with Crippen LogP contribution in [0.3, 0.4) is 0 Å². The molecule has 0 amide bonds. The summed E-state index contributed by atoms with van der Waals surface area (Å²) in [6, 6.07) is 6.93. The van der Waals surface area contributed by atoms with Crippen molar-refractivity contribution in [3.8, 4) is 5.88 Å². The van der Waals surface area contributed by atoms with Gasteiger partial charge in [-0.1, -0.05) is 17.7 Å². The SMILES string of the molecule is C[C@H]1c2nc(OCc3ccc(Cl)cc3F)c(C(F)(F)F)cc2CCN1Cc1nc2ccc(C(=O)O)c(F)c2n1C[C@@H]1CCO1. The van der Waals surface area contributed by atoms with Gasteiger partial charge in [-0.3, -0.25) is 4.90 Å². The number of halogens is 6. The highest BCUT2D eigenvalue weighted by atomic mass is 35.5. The summed E-state index contributed by atoms with van der Waals surface area (Å²) >= 11 is 5.78. The average molecular weight is 637 g/mol. The second-order valence-corrected chi connectivity index (χ2v) is 11.3. The van der Waals surface area contributed by atoms with Gasteiger partial charge >= 0.3 is 12.1 Å². The minimum atomic E-state index is -4.76. The molecular formula is C30H26ClF5N4O4. The normalized spacial score (nSPS) is 18.7. The minimum absolute atomic E-state index is 0.0179. The molecule has 2 aliphatic rings. The van der Waals surface area contributed by atoms with Crippen LogP contribution in [-0.4, -0.2) is 49.8 Å². The summed E-state index contributed by atoms with van der Waals surface area (Å²) in [7, 11) is 0. The molecule has 2 aromatic carbocycles. The molecule has 0 aliphatic carbocycles. The molecule has 0 unspecified atom stereocenters. The van der Waals surface area contributed by atoms with Crippen molar-refractivity contribution < 1.29 is 41.3 Å². The van der Waals surface area contributed by atoms with Crippen LogP contribution in [0.5, 0.6) is 5.88 Å². The summed E-state index contributed by atoms with van der Waals surface area (Å²) in [4.78, 5) is 22.4. The first-order valence-corrected chi connectivity index (χ1v) is 14.2. The zero-order valence-electron chi connectivity index (χ0n) is 23.3. The largest absolute Gasteiger partial charge is 0.478 e. The molecule has 0 spiro atoms. The lowest BCUT2D eigenvalue weighted by molar-refractivity contribution is -0.139. The van der Waals surface area contributed by atoms with Crippen molar-refractivity contribution in [1.29, 1.82) is 0 Å². The third-order valence-corrected chi connectivity index (χ3v) is 8.31. The van der Waals surface area contributed by atoms with Crippen molar-refractivity contribution in [2.45, 2.75) is 57.8 Å². The number of benzene rings is 2. The molecule has 4 aromatic rings. The number of hydrogen-bond acceptors (Lipinski definition) is 6. The first kappa shape index (κ1) is 30.2. The number of carboxylic acid groups (broad SMARTS) is 1. The number of fused-ring (bicyclic) bond motifs is 2. The Morgan fingerprint density at radius 3 is 2.61 bits per heavy atom. The number of alkyl halides is 3. The molecule has 0 radical (unpaired) electrons. The number of nitrogens with zero attached hydrogens (tertiary/aromatic N) is 4. The standard InChI is InChI=1S/C30H26ClF5N4O4/c1-15-26-16(10-21(30(34,35)36)28(38-26)44-14-17-2-3-18(31)11-22(17)32)6-8-39(15)13-24-37-23-5-4-20(29(41)42)25(33)27(23)40(24)12-19-7-9-43-19/h2-5,10-11,15,19H,6-9,12-14H2,1H3,(H,41,42)/t15-,19-/m0/s1. The van der Waals surface area contributed by atoms with E-state index in [1.54, 1.807) is 11.5 Å². The summed E-state index contributed by atoms with van der Waals surface area (Å²) < 4.78 is 84.4. The van der Waals surface area contributed by atoms with Gasteiger partial charge in [-0.15, -0.1) is 0 Å². The molecule has 2 atom stereocenters. The lowest BCUT2D eigenvalue weighted by Gasteiger charge is -2.35. The van der Waals surface area contributed by atoms with Crippen LogP contribution in [0, 0.1) is 11.6 Å². The summed E-state index contributed by atoms with van der Waals surface area (Å²) in [5.74, 6) is -3.23. The Balaban J connectivity index is 1.32.